The molecule has 0 saturated heterocycles. The Morgan fingerprint density at radius 2 is 2.05 bits per heavy atom. The molecule has 0 amide bonds. The fourth-order valence-corrected chi connectivity index (χ4v) is 3.05. The molecular weight excluding hydrogens is 236 g/mol. The summed E-state index contributed by atoms with van der Waals surface area (Å²) < 4.78 is 6.22. The molecule has 19 heavy (non-hydrogen) atoms. The minimum absolute atomic E-state index is 0.261. The van der Waals surface area contributed by atoms with Crippen molar-refractivity contribution in [1.29, 1.82) is 0 Å². The Bertz CT molecular complexity index is 429. The number of likely N-dealkylation sites (N-methyl/N-ethyl adjacent to an activating group) is 1. The second-order valence-corrected chi connectivity index (χ2v) is 6.34. The summed E-state index contributed by atoms with van der Waals surface area (Å²) in [6.07, 6.45) is 2.58. The monoisotopic (exact) mass is 262 g/mol. The minimum Gasteiger partial charge on any atom is -0.489 e. The van der Waals surface area contributed by atoms with Gasteiger partial charge in [0.05, 0.1) is 0 Å². The smallest absolute Gasteiger partial charge is 0.121 e. The third-order valence-corrected chi connectivity index (χ3v) is 4.22. The van der Waals surface area contributed by atoms with Gasteiger partial charge in [0.1, 0.15) is 11.9 Å². The molecule has 0 aliphatic heterocycles. The van der Waals surface area contributed by atoms with E-state index in [9.17, 15) is 0 Å². The van der Waals surface area contributed by atoms with Gasteiger partial charge in [-0.2, -0.15) is 0 Å². The van der Waals surface area contributed by atoms with Crippen LogP contribution in [0, 0.1) is 5.41 Å². The third kappa shape index (κ3) is 3.03. The lowest BCUT2D eigenvalue weighted by Gasteiger charge is -2.30. The third-order valence-electron chi connectivity index (χ3n) is 4.22. The molecule has 1 saturated carbocycles. The summed E-state index contributed by atoms with van der Waals surface area (Å²) in [5, 5.41) is 3.43. The van der Waals surface area contributed by atoms with Crippen molar-refractivity contribution >= 4 is 5.69 Å². The van der Waals surface area contributed by atoms with Gasteiger partial charge in [-0.15, -0.1) is 0 Å². The Hall–Kier alpha value is -1.22. The predicted molar refractivity (Wildman–Crippen MR) is 81.0 cm³/mol. The summed E-state index contributed by atoms with van der Waals surface area (Å²) >= 11 is 0. The first-order valence-electron chi connectivity index (χ1n) is 7.05. The summed E-state index contributed by atoms with van der Waals surface area (Å²) in [5.41, 5.74) is 1.48. The molecule has 0 aromatic heterocycles. The van der Waals surface area contributed by atoms with Crippen LogP contribution in [0.25, 0.3) is 0 Å². The number of hydrogen-bond donors (Lipinski definition) is 1. The molecular formula is C16H26N2O. The predicted octanol–water partition coefficient (Wildman–Crippen LogP) is 2.91. The number of nitrogens with zero attached hydrogens (tertiary/aromatic N) is 1. The first kappa shape index (κ1) is 14.2. The van der Waals surface area contributed by atoms with E-state index in [1.54, 1.807) is 0 Å². The maximum Gasteiger partial charge on any atom is 0.121 e. The molecule has 0 spiro atoms. The van der Waals surface area contributed by atoms with E-state index in [1.807, 2.05) is 27.2 Å². The van der Waals surface area contributed by atoms with Crippen LogP contribution >= 0.6 is 0 Å². The zero-order valence-electron chi connectivity index (χ0n) is 12.7. The summed E-state index contributed by atoms with van der Waals surface area (Å²) in [4.78, 5) is 2.10. The molecule has 2 rings (SSSR count). The highest BCUT2D eigenvalue weighted by atomic mass is 16.5. The van der Waals surface area contributed by atoms with Gasteiger partial charge >= 0.3 is 0 Å². The Balaban J connectivity index is 2.11. The zero-order valence-corrected chi connectivity index (χ0v) is 12.7. The van der Waals surface area contributed by atoms with Crippen LogP contribution in [0.5, 0.6) is 5.75 Å². The van der Waals surface area contributed by atoms with Gasteiger partial charge < -0.3 is 15.0 Å². The molecule has 1 aromatic rings. The Morgan fingerprint density at radius 1 is 1.32 bits per heavy atom. The van der Waals surface area contributed by atoms with Crippen molar-refractivity contribution < 1.29 is 4.74 Å². The van der Waals surface area contributed by atoms with Gasteiger partial charge in [0, 0.05) is 31.9 Å². The molecule has 2 unspecified atom stereocenters. The molecule has 1 aliphatic rings. The molecule has 0 heterocycles. The van der Waals surface area contributed by atoms with Crippen molar-refractivity contribution in [3.8, 4) is 5.75 Å². The molecule has 1 N–H and O–H groups in total. The largest absolute Gasteiger partial charge is 0.489 e. The zero-order chi connectivity index (χ0) is 14.0. The fourth-order valence-electron chi connectivity index (χ4n) is 3.05. The van der Waals surface area contributed by atoms with E-state index in [-0.39, 0.29) is 6.10 Å². The summed E-state index contributed by atoms with van der Waals surface area (Å²) in [5.74, 6) is 0.967. The van der Waals surface area contributed by atoms with E-state index in [0.717, 1.165) is 12.2 Å². The van der Waals surface area contributed by atoms with Crippen molar-refractivity contribution in [3.63, 3.8) is 0 Å². The molecule has 3 nitrogen and oxygen atoms in total. The number of anilines is 1. The molecule has 1 aliphatic carbocycles. The molecule has 106 valence electrons. The van der Waals surface area contributed by atoms with E-state index in [4.69, 9.17) is 4.74 Å². The highest BCUT2D eigenvalue weighted by molar-refractivity contribution is 5.49. The molecule has 1 aromatic carbocycles. The quantitative estimate of drug-likeness (QED) is 0.903. The normalized spacial score (nSPS) is 25.3. The lowest BCUT2D eigenvalue weighted by atomic mass is 9.87. The van der Waals surface area contributed by atoms with Crippen LogP contribution in [0.1, 0.15) is 26.7 Å². The highest BCUT2D eigenvalue weighted by Gasteiger charge is 2.42. The highest BCUT2D eigenvalue weighted by Crippen LogP contribution is 2.39. The first-order valence-corrected chi connectivity index (χ1v) is 7.05. The van der Waals surface area contributed by atoms with Crippen molar-refractivity contribution in [2.45, 2.75) is 38.8 Å². The number of rotatable bonds is 4. The van der Waals surface area contributed by atoms with Gasteiger partial charge in [-0.3, -0.25) is 0 Å². The maximum atomic E-state index is 6.22. The summed E-state index contributed by atoms with van der Waals surface area (Å²) in [7, 11) is 6.13. The van der Waals surface area contributed by atoms with Crippen LogP contribution in [-0.4, -0.2) is 33.3 Å². The average Bonchev–Trinajstić information content (AvgIpc) is 2.64. The molecule has 0 radical (unpaired) electrons. The number of nitrogens with one attached hydrogen (secondary N) is 1. The van der Waals surface area contributed by atoms with E-state index >= 15 is 0 Å². The summed E-state index contributed by atoms with van der Waals surface area (Å²) in [6.45, 7) is 4.63. The first-order chi connectivity index (χ1) is 8.94. The van der Waals surface area contributed by atoms with E-state index in [0.29, 0.717) is 11.5 Å². The maximum absolute atomic E-state index is 6.22. The van der Waals surface area contributed by atoms with Gasteiger partial charge in [-0.25, -0.2) is 0 Å². The number of hydrogen-bond acceptors (Lipinski definition) is 3. The SMILES string of the molecule is CNC1C(Oc2cccc(N(C)C)c2)CCC1(C)C. The minimum atomic E-state index is 0.261. The van der Waals surface area contributed by atoms with Crippen LogP contribution in [0.4, 0.5) is 5.69 Å². The lowest BCUT2D eigenvalue weighted by Crippen LogP contribution is -2.44. The fraction of sp³-hybridized carbons (Fsp3) is 0.625. The number of ether oxygens (including phenoxy) is 1. The van der Waals surface area contributed by atoms with Gasteiger partial charge in [-0.05, 0) is 37.4 Å². The number of benzene rings is 1. The molecule has 3 heteroatoms. The van der Waals surface area contributed by atoms with Gasteiger partial charge in [0.15, 0.2) is 0 Å². The van der Waals surface area contributed by atoms with Crippen LogP contribution < -0.4 is 15.0 Å². The standard InChI is InChI=1S/C16H26N2O/c1-16(2)10-9-14(15(16)17-3)19-13-8-6-7-12(11-13)18(4)5/h6-8,11,14-15,17H,9-10H2,1-5H3. The van der Waals surface area contributed by atoms with Gasteiger partial charge in [0.25, 0.3) is 0 Å². The average molecular weight is 262 g/mol. The second-order valence-electron chi connectivity index (χ2n) is 6.34. The molecule has 1 fully saturated rings. The van der Waals surface area contributed by atoms with Crippen LogP contribution in [0.15, 0.2) is 24.3 Å². The van der Waals surface area contributed by atoms with Crippen LogP contribution in [-0.2, 0) is 0 Å². The van der Waals surface area contributed by atoms with Crippen LogP contribution in [0.2, 0.25) is 0 Å². The Morgan fingerprint density at radius 3 is 2.68 bits per heavy atom. The molecule has 2 atom stereocenters. The van der Waals surface area contributed by atoms with Crippen molar-refractivity contribution in [1.82, 2.24) is 5.32 Å². The Labute approximate surface area is 116 Å². The van der Waals surface area contributed by atoms with Gasteiger partial charge in [0.2, 0.25) is 0 Å². The summed E-state index contributed by atoms with van der Waals surface area (Å²) in [6, 6.07) is 8.72. The van der Waals surface area contributed by atoms with Crippen molar-refractivity contribution in [3.05, 3.63) is 24.3 Å². The van der Waals surface area contributed by atoms with E-state index in [1.165, 1.54) is 12.1 Å². The van der Waals surface area contributed by atoms with Crippen molar-refractivity contribution in [2.24, 2.45) is 5.41 Å². The Kier molecular flexibility index (Phi) is 4.04. The van der Waals surface area contributed by atoms with E-state index in [2.05, 4.69) is 42.3 Å². The lowest BCUT2D eigenvalue weighted by molar-refractivity contribution is 0.146. The van der Waals surface area contributed by atoms with Crippen LogP contribution in [0.3, 0.4) is 0 Å². The van der Waals surface area contributed by atoms with Crippen molar-refractivity contribution in [2.75, 3.05) is 26.0 Å². The second kappa shape index (κ2) is 5.41. The molecule has 0 bridgehead atoms. The topological polar surface area (TPSA) is 24.5 Å². The van der Waals surface area contributed by atoms with Gasteiger partial charge in [-0.1, -0.05) is 19.9 Å². The van der Waals surface area contributed by atoms with E-state index < -0.39 is 0 Å².